The Hall–Kier alpha value is -1.13. The van der Waals surface area contributed by atoms with Gasteiger partial charge in [0.15, 0.2) is 0 Å². The molecule has 0 bridgehead atoms. The van der Waals surface area contributed by atoms with Crippen molar-refractivity contribution in [2.45, 2.75) is 26.4 Å². The highest BCUT2D eigenvalue weighted by Gasteiger charge is 2.12. The average molecular weight is 241 g/mol. The zero-order chi connectivity index (χ0) is 12.8. The van der Waals surface area contributed by atoms with Gasteiger partial charge in [0, 0.05) is 24.2 Å². The highest BCUT2D eigenvalue weighted by molar-refractivity contribution is 5.28. The molecular weight excluding hydrogens is 221 g/mol. The van der Waals surface area contributed by atoms with E-state index in [2.05, 4.69) is 5.32 Å². The Morgan fingerprint density at radius 2 is 2.12 bits per heavy atom. The Morgan fingerprint density at radius 1 is 1.41 bits per heavy atom. The van der Waals surface area contributed by atoms with Gasteiger partial charge in [-0.05, 0) is 12.0 Å². The third kappa shape index (κ3) is 3.98. The number of rotatable bonds is 6. The highest BCUT2D eigenvalue weighted by atomic mass is 19.1. The molecule has 3 nitrogen and oxygen atoms in total. The van der Waals surface area contributed by atoms with Gasteiger partial charge in [0.2, 0.25) is 0 Å². The zero-order valence-corrected chi connectivity index (χ0v) is 10.5. The molecular formula is C13H20FNO2. The maximum Gasteiger partial charge on any atom is 0.131 e. The molecule has 0 saturated heterocycles. The molecule has 1 atom stereocenters. The summed E-state index contributed by atoms with van der Waals surface area (Å²) < 4.78 is 18.5. The lowest BCUT2D eigenvalue weighted by Crippen LogP contribution is -2.36. The summed E-state index contributed by atoms with van der Waals surface area (Å²) >= 11 is 0. The van der Waals surface area contributed by atoms with Crippen molar-refractivity contribution < 1.29 is 14.2 Å². The van der Waals surface area contributed by atoms with Crippen LogP contribution in [0.15, 0.2) is 18.2 Å². The number of hydrogen-bond donors (Lipinski definition) is 2. The van der Waals surface area contributed by atoms with Crippen molar-refractivity contribution in [2.24, 2.45) is 5.92 Å². The molecule has 0 radical (unpaired) electrons. The van der Waals surface area contributed by atoms with Crippen LogP contribution in [0.5, 0.6) is 5.75 Å². The molecule has 0 amide bonds. The normalized spacial score (nSPS) is 12.8. The van der Waals surface area contributed by atoms with Gasteiger partial charge in [0.25, 0.3) is 0 Å². The van der Waals surface area contributed by atoms with Gasteiger partial charge < -0.3 is 15.2 Å². The topological polar surface area (TPSA) is 41.5 Å². The van der Waals surface area contributed by atoms with E-state index >= 15 is 0 Å². The molecule has 2 N–H and O–H groups in total. The van der Waals surface area contributed by atoms with E-state index in [9.17, 15) is 4.39 Å². The molecule has 0 saturated carbocycles. The molecule has 1 aromatic carbocycles. The second-order valence-electron chi connectivity index (χ2n) is 4.37. The summed E-state index contributed by atoms with van der Waals surface area (Å²) in [5, 5.41) is 12.3. The average Bonchev–Trinajstić information content (AvgIpc) is 2.31. The molecule has 0 fully saturated rings. The molecule has 17 heavy (non-hydrogen) atoms. The second kappa shape index (κ2) is 6.57. The first-order valence-corrected chi connectivity index (χ1v) is 5.75. The highest BCUT2D eigenvalue weighted by Crippen LogP contribution is 2.16. The molecule has 0 aliphatic carbocycles. The number of aliphatic hydroxyl groups excluding tert-OH is 1. The Balaban J connectivity index is 2.63. The van der Waals surface area contributed by atoms with Gasteiger partial charge in [0.1, 0.15) is 11.6 Å². The first-order chi connectivity index (χ1) is 8.08. The minimum Gasteiger partial charge on any atom is -0.497 e. The largest absolute Gasteiger partial charge is 0.497 e. The van der Waals surface area contributed by atoms with Crippen molar-refractivity contribution in [2.75, 3.05) is 13.7 Å². The summed E-state index contributed by atoms with van der Waals surface area (Å²) in [4.78, 5) is 0. The quantitative estimate of drug-likeness (QED) is 0.799. The molecule has 0 aliphatic heterocycles. The summed E-state index contributed by atoms with van der Waals surface area (Å²) in [5.74, 6) is 0.521. The van der Waals surface area contributed by atoms with E-state index in [1.54, 1.807) is 12.1 Å². The molecule has 0 spiro atoms. The second-order valence-corrected chi connectivity index (χ2v) is 4.37. The summed E-state index contributed by atoms with van der Waals surface area (Å²) in [7, 11) is 1.51. The Kier molecular flexibility index (Phi) is 5.38. The number of ether oxygens (including phenoxy) is 1. The van der Waals surface area contributed by atoms with Crippen molar-refractivity contribution in [1.29, 1.82) is 0 Å². The van der Waals surface area contributed by atoms with Crippen molar-refractivity contribution >= 4 is 0 Å². The fourth-order valence-corrected chi connectivity index (χ4v) is 1.55. The zero-order valence-electron chi connectivity index (χ0n) is 10.5. The van der Waals surface area contributed by atoms with Gasteiger partial charge >= 0.3 is 0 Å². The number of aliphatic hydroxyl groups is 1. The van der Waals surface area contributed by atoms with Crippen molar-refractivity contribution in [3.8, 4) is 5.75 Å². The predicted octanol–water partition coefficient (Wildman–Crippen LogP) is 1.94. The van der Waals surface area contributed by atoms with Crippen LogP contribution in [0.1, 0.15) is 19.4 Å². The van der Waals surface area contributed by atoms with Crippen LogP contribution in [-0.4, -0.2) is 24.9 Å². The number of benzene rings is 1. The van der Waals surface area contributed by atoms with Crippen LogP contribution >= 0.6 is 0 Å². The van der Waals surface area contributed by atoms with E-state index in [-0.39, 0.29) is 18.5 Å². The van der Waals surface area contributed by atoms with Crippen LogP contribution in [0, 0.1) is 11.7 Å². The molecule has 4 heteroatoms. The summed E-state index contributed by atoms with van der Waals surface area (Å²) in [6.07, 6.45) is 0. The molecule has 0 aromatic heterocycles. The van der Waals surface area contributed by atoms with Crippen LogP contribution in [0.2, 0.25) is 0 Å². The molecule has 1 rings (SSSR count). The fourth-order valence-electron chi connectivity index (χ4n) is 1.55. The van der Waals surface area contributed by atoms with Crippen molar-refractivity contribution in [1.82, 2.24) is 5.32 Å². The predicted molar refractivity (Wildman–Crippen MR) is 65.5 cm³/mol. The molecule has 0 heterocycles. The lowest BCUT2D eigenvalue weighted by atomic mass is 10.0. The van der Waals surface area contributed by atoms with Crippen LogP contribution in [0.25, 0.3) is 0 Å². The molecule has 1 unspecified atom stereocenters. The molecule has 1 aromatic rings. The number of halogens is 1. The smallest absolute Gasteiger partial charge is 0.131 e. The molecule has 96 valence electrons. The standard InChI is InChI=1S/C13H20FNO2/c1-9(2)13(8-16)15-7-10-4-5-11(17-3)6-12(10)14/h4-6,9,13,15-16H,7-8H2,1-3H3. The number of methoxy groups -OCH3 is 1. The van der Waals surface area contributed by atoms with Crippen LogP contribution in [-0.2, 0) is 6.54 Å². The lowest BCUT2D eigenvalue weighted by Gasteiger charge is -2.20. The van der Waals surface area contributed by atoms with Gasteiger partial charge in [-0.25, -0.2) is 4.39 Å². The van der Waals surface area contributed by atoms with Gasteiger partial charge in [-0.2, -0.15) is 0 Å². The number of nitrogens with one attached hydrogen (secondary N) is 1. The van der Waals surface area contributed by atoms with E-state index in [0.29, 0.717) is 23.8 Å². The van der Waals surface area contributed by atoms with Gasteiger partial charge in [0.05, 0.1) is 13.7 Å². The third-order valence-corrected chi connectivity index (χ3v) is 2.82. The minimum absolute atomic E-state index is 0.0171. The van der Waals surface area contributed by atoms with E-state index in [0.717, 1.165) is 0 Å². The Labute approximate surface area is 102 Å². The van der Waals surface area contributed by atoms with E-state index in [1.165, 1.54) is 13.2 Å². The SMILES string of the molecule is COc1ccc(CNC(CO)C(C)C)c(F)c1. The van der Waals surface area contributed by atoms with Gasteiger partial charge in [-0.15, -0.1) is 0 Å². The Bertz CT molecular complexity index is 355. The third-order valence-electron chi connectivity index (χ3n) is 2.82. The number of hydrogen-bond acceptors (Lipinski definition) is 3. The maximum absolute atomic E-state index is 13.6. The maximum atomic E-state index is 13.6. The Morgan fingerprint density at radius 3 is 2.59 bits per heavy atom. The molecule has 0 aliphatic rings. The van der Waals surface area contributed by atoms with Crippen molar-refractivity contribution in [3.05, 3.63) is 29.6 Å². The monoisotopic (exact) mass is 241 g/mol. The van der Waals surface area contributed by atoms with Crippen molar-refractivity contribution in [3.63, 3.8) is 0 Å². The van der Waals surface area contributed by atoms with Crippen LogP contribution in [0.3, 0.4) is 0 Å². The van der Waals surface area contributed by atoms with E-state index in [4.69, 9.17) is 9.84 Å². The lowest BCUT2D eigenvalue weighted by molar-refractivity contribution is 0.209. The van der Waals surface area contributed by atoms with Crippen LogP contribution < -0.4 is 10.1 Å². The van der Waals surface area contributed by atoms with E-state index < -0.39 is 0 Å². The summed E-state index contributed by atoms with van der Waals surface area (Å²) in [5.41, 5.74) is 0.574. The van der Waals surface area contributed by atoms with Crippen LogP contribution in [0.4, 0.5) is 4.39 Å². The summed E-state index contributed by atoms with van der Waals surface area (Å²) in [6, 6.07) is 4.76. The van der Waals surface area contributed by atoms with Gasteiger partial charge in [-0.3, -0.25) is 0 Å². The fraction of sp³-hybridized carbons (Fsp3) is 0.538. The van der Waals surface area contributed by atoms with Gasteiger partial charge in [-0.1, -0.05) is 19.9 Å². The first kappa shape index (κ1) is 13.9. The summed E-state index contributed by atoms with van der Waals surface area (Å²) in [6.45, 7) is 4.48. The first-order valence-electron chi connectivity index (χ1n) is 5.75. The van der Waals surface area contributed by atoms with E-state index in [1.807, 2.05) is 13.8 Å². The minimum atomic E-state index is -0.294.